The van der Waals surface area contributed by atoms with Crippen molar-refractivity contribution in [3.05, 3.63) is 70.4 Å². The maximum Gasteiger partial charge on any atom is 0.287 e. The lowest BCUT2D eigenvalue weighted by Crippen LogP contribution is -2.25. The van der Waals surface area contributed by atoms with Gasteiger partial charge in [-0.2, -0.15) is 0 Å². The summed E-state index contributed by atoms with van der Waals surface area (Å²) in [6.45, 7) is 0.544. The van der Waals surface area contributed by atoms with E-state index in [9.17, 15) is 4.79 Å². The summed E-state index contributed by atoms with van der Waals surface area (Å²) in [4.78, 5) is 12.1. The van der Waals surface area contributed by atoms with Gasteiger partial charge in [0.25, 0.3) is 5.91 Å². The van der Waals surface area contributed by atoms with E-state index < -0.39 is 0 Å². The SMILES string of the molecule is O=C(NCCc1ccc(CO)cc1)c1cc2cc(Cl)ccc2o1. The van der Waals surface area contributed by atoms with Crippen molar-refractivity contribution in [2.75, 3.05) is 6.54 Å². The Bertz CT molecular complexity index is 824. The summed E-state index contributed by atoms with van der Waals surface area (Å²) >= 11 is 5.92. The number of carbonyl (C=O) groups is 1. The molecule has 1 aromatic heterocycles. The molecular formula is C18H16ClNO3. The van der Waals surface area contributed by atoms with E-state index in [2.05, 4.69) is 5.32 Å². The molecule has 118 valence electrons. The topological polar surface area (TPSA) is 62.5 Å². The number of rotatable bonds is 5. The molecule has 0 saturated carbocycles. The third kappa shape index (κ3) is 3.73. The van der Waals surface area contributed by atoms with E-state index in [1.165, 1.54) is 0 Å². The van der Waals surface area contributed by atoms with Gasteiger partial charge >= 0.3 is 0 Å². The van der Waals surface area contributed by atoms with E-state index in [1.807, 2.05) is 24.3 Å². The predicted molar refractivity (Wildman–Crippen MR) is 89.6 cm³/mol. The van der Waals surface area contributed by atoms with Gasteiger partial charge in [-0.05, 0) is 41.8 Å². The van der Waals surface area contributed by atoms with Crippen molar-refractivity contribution in [3.8, 4) is 0 Å². The fourth-order valence-corrected chi connectivity index (χ4v) is 2.53. The monoisotopic (exact) mass is 329 g/mol. The van der Waals surface area contributed by atoms with Crippen LogP contribution in [0.1, 0.15) is 21.7 Å². The molecule has 5 heteroatoms. The van der Waals surface area contributed by atoms with Gasteiger partial charge in [-0.1, -0.05) is 35.9 Å². The summed E-state index contributed by atoms with van der Waals surface area (Å²) in [5.41, 5.74) is 2.61. The Hall–Kier alpha value is -2.30. The number of hydrogen-bond donors (Lipinski definition) is 2. The van der Waals surface area contributed by atoms with Crippen LogP contribution < -0.4 is 5.32 Å². The largest absolute Gasteiger partial charge is 0.451 e. The molecule has 4 nitrogen and oxygen atoms in total. The first-order valence-electron chi connectivity index (χ1n) is 7.31. The van der Waals surface area contributed by atoms with Crippen molar-refractivity contribution in [3.63, 3.8) is 0 Å². The second-order valence-electron chi connectivity index (χ2n) is 5.27. The lowest BCUT2D eigenvalue weighted by atomic mass is 10.1. The molecule has 0 unspecified atom stereocenters. The van der Waals surface area contributed by atoms with Crippen LogP contribution in [0.15, 0.2) is 52.9 Å². The van der Waals surface area contributed by atoms with Crippen LogP contribution >= 0.6 is 11.6 Å². The van der Waals surface area contributed by atoms with E-state index in [-0.39, 0.29) is 18.3 Å². The van der Waals surface area contributed by atoms with Gasteiger partial charge in [0, 0.05) is 17.0 Å². The number of carbonyl (C=O) groups excluding carboxylic acids is 1. The Balaban J connectivity index is 1.59. The Labute approximate surface area is 138 Å². The number of halogens is 1. The van der Waals surface area contributed by atoms with E-state index >= 15 is 0 Å². The molecule has 23 heavy (non-hydrogen) atoms. The van der Waals surface area contributed by atoms with Gasteiger partial charge in [0.15, 0.2) is 5.76 Å². The lowest BCUT2D eigenvalue weighted by Gasteiger charge is -2.04. The van der Waals surface area contributed by atoms with Gasteiger partial charge in [-0.15, -0.1) is 0 Å². The molecule has 0 spiro atoms. The number of amides is 1. The first-order chi connectivity index (χ1) is 11.2. The average molecular weight is 330 g/mol. The van der Waals surface area contributed by atoms with Gasteiger partial charge in [0.1, 0.15) is 5.58 Å². The number of nitrogens with one attached hydrogen (secondary N) is 1. The van der Waals surface area contributed by atoms with Crippen molar-refractivity contribution < 1.29 is 14.3 Å². The van der Waals surface area contributed by atoms with Gasteiger partial charge in [-0.3, -0.25) is 4.79 Å². The van der Waals surface area contributed by atoms with Gasteiger partial charge in [0.05, 0.1) is 6.61 Å². The van der Waals surface area contributed by atoms with Crippen LogP contribution in [0.3, 0.4) is 0 Å². The maximum atomic E-state index is 12.1. The van der Waals surface area contributed by atoms with Crippen molar-refractivity contribution >= 4 is 28.5 Å². The smallest absolute Gasteiger partial charge is 0.287 e. The van der Waals surface area contributed by atoms with Crippen LogP contribution in [-0.4, -0.2) is 17.6 Å². The van der Waals surface area contributed by atoms with Crippen LogP contribution in [0.5, 0.6) is 0 Å². The van der Waals surface area contributed by atoms with E-state index in [0.717, 1.165) is 16.5 Å². The number of benzene rings is 2. The third-order valence-corrected chi connectivity index (χ3v) is 3.84. The number of hydrogen-bond acceptors (Lipinski definition) is 3. The molecule has 1 heterocycles. The number of aliphatic hydroxyl groups is 1. The summed E-state index contributed by atoms with van der Waals surface area (Å²) in [6.07, 6.45) is 0.712. The highest BCUT2D eigenvalue weighted by molar-refractivity contribution is 6.31. The molecular weight excluding hydrogens is 314 g/mol. The molecule has 0 aliphatic rings. The minimum absolute atomic E-state index is 0.0348. The zero-order valence-corrected chi connectivity index (χ0v) is 13.1. The zero-order valence-electron chi connectivity index (χ0n) is 12.4. The molecule has 3 rings (SSSR count). The Kier molecular flexibility index (Phi) is 4.65. The van der Waals surface area contributed by atoms with Crippen LogP contribution in [0, 0.1) is 0 Å². The normalized spacial score (nSPS) is 10.9. The van der Waals surface area contributed by atoms with E-state index in [4.69, 9.17) is 21.1 Å². The van der Waals surface area contributed by atoms with Gasteiger partial charge in [0.2, 0.25) is 0 Å². The second-order valence-corrected chi connectivity index (χ2v) is 5.71. The number of aliphatic hydroxyl groups excluding tert-OH is 1. The minimum Gasteiger partial charge on any atom is -0.451 e. The molecule has 0 radical (unpaired) electrons. The molecule has 3 aromatic rings. The fraction of sp³-hybridized carbons (Fsp3) is 0.167. The second kappa shape index (κ2) is 6.86. The molecule has 0 atom stereocenters. The Morgan fingerprint density at radius 2 is 1.83 bits per heavy atom. The van der Waals surface area contributed by atoms with Crippen molar-refractivity contribution in [1.82, 2.24) is 5.32 Å². The van der Waals surface area contributed by atoms with E-state index in [1.54, 1.807) is 24.3 Å². The van der Waals surface area contributed by atoms with Crippen molar-refractivity contribution in [1.29, 1.82) is 0 Å². The first-order valence-corrected chi connectivity index (χ1v) is 7.69. The molecule has 0 bridgehead atoms. The van der Waals surface area contributed by atoms with Gasteiger partial charge < -0.3 is 14.8 Å². The summed E-state index contributed by atoms with van der Waals surface area (Å²) in [7, 11) is 0. The minimum atomic E-state index is -0.246. The summed E-state index contributed by atoms with van der Waals surface area (Å²) in [5.74, 6) is 0.0298. The number of fused-ring (bicyclic) bond motifs is 1. The Morgan fingerprint density at radius 3 is 2.57 bits per heavy atom. The quantitative estimate of drug-likeness (QED) is 0.752. The highest BCUT2D eigenvalue weighted by Crippen LogP contribution is 2.22. The highest BCUT2D eigenvalue weighted by Gasteiger charge is 2.12. The third-order valence-electron chi connectivity index (χ3n) is 3.61. The maximum absolute atomic E-state index is 12.1. The summed E-state index contributed by atoms with van der Waals surface area (Å²) in [6, 6.07) is 14.6. The highest BCUT2D eigenvalue weighted by atomic mass is 35.5. The van der Waals surface area contributed by atoms with Crippen molar-refractivity contribution in [2.45, 2.75) is 13.0 Å². The summed E-state index contributed by atoms with van der Waals surface area (Å²) in [5, 5.41) is 13.3. The fourth-order valence-electron chi connectivity index (χ4n) is 2.34. The average Bonchev–Trinajstić information content (AvgIpc) is 2.98. The van der Waals surface area contributed by atoms with Crippen LogP contribution in [0.4, 0.5) is 0 Å². The van der Waals surface area contributed by atoms with E-state index in [0.29, 0.717) is 23.6 Å². The van der Waals surface area contributed by atoms with Crippen molar-refractivity contribution in [2.24, 2.45) is 0 Å². The number of furan rings is 1. The lowest BCUT2D eigenvalue weighted by molar-refractivity contribution is 0.0928. The molecule has 2 N–H and O–H groups in total. The first kappa shape index (κ1) is 15.6. The standard InChI is InChI=1S/C18H16ClNO3/c19-15-5-6-16-14(9-15)10-17(23-16)18(22)20-8-7-12-1-3-13(11-21)4-2-12/h1-6,9-10,21H,7-8,11H2,(H,20,22). The molecule has 0 aliphatic carbocycles. The van der Waals surface area contributed by atoms with Gasteiger partial charge in [-0.25, -0.2) is 0 Å². The summed E-state index contributed by atoms with van der Waals surface area (Å²) < 4.78 is 5.52. The zero-order chi connectivity index (χ0) is 16.2. The molecule has 0 aliphatic heterocycles. The molecule has 2 aromatic carbocycles. The molecule has 1 amide bonds. The van der Waals surface area contributed by atoms with Crippen LogP contribution in [-0.2, 0) is 13.0 Å². The van der Waals surface area contributed by atoms with Crippen LogP contribution in [0.25, 0.3) is 11.0 Å². The Morgan fingerprint density at radius 1 is 1.09 bits per heavy atom. The van der Waals surface area contributed by atoms with Crippen LogP contribution in [0.2, 0.25) is 5.02 Å². The molecule has 0 fully saturated rings. The predicted octanol–water partition coefficient (Wildman–Crippen LogP) is 3.55. The molecule has 0 saturated heterocycles.